The molecule has 0 unspecified atom stereocenters. The van der Waals surface area contributed by atoms with Gasteiger partial charge in [0.05, 0.1) is 25.1 Å². The third kappa shape index (κ3) is 1.80. The summed E-state index contributed by atoms with van der Waals surface area (Å²) in [6.45, 7) is 5.73. The molecule has 0 N–H and O–H groups in total. The molecule has 0 aromatic carbocycles. The van der Waals surface area contributed by atoms with E-state index in [1.807, 2.05) is 18.5 Å². The van der Waals surface area contributed by atoms with Crippen LogP contribution in [0.2, 0.25) is 0 Å². The highest BCUT2D eigenvalue weighted by Crippen LogP contribution is 2.18. The summed E-state index contributed by atoms with van der Waals surface area (Å²) in [5, 5.41) is 0. The Morgan fingerprint density at radius 2 is 2.15 bits per heavy atom. The maximum absolute atomic E-state index is 5.30. The van der Waals surface area contributed by atoms with Crippen LogP contribution < -0.4 is 4.90 Å². The lowest BCUT2D eigenvalue weighted by atomic mass is 10.2. The van der Waals surface area contributed by atoms with Gasteiger partial charge >= 0.3 is 0 Å². The van der Waals surface area contributed by atoms with Gasteiger partial charge in [-0.2, -0.15) is 0 Å². The second-order valence-corrected chi connectivity index (χ2v) is 3.26. The number of hydrogen-bond acceptors (Lipinski definition) is 3. The molecule has 0 atom stereocenters. The first-order valence-electron chi connectivity index (χ1n) is 4.61. The van der Waals surface area contributed by atoms with Crippen LogP contribution in [0, 0.1) is 6.92 Å². The Labute approximate surface area is 78.3 Å². The number of pyridine rings is 1. The lowest BCUT2D eigenvalue weighted by Gasteiger charge is -2.29. The molecule has 0 radical (unpaired) electrons. The molecule has 13 heavy (non-hydrogen) atoms. The second-order valence-electron chi connectivity index (χ2n) is 3.26. The molecule has 2 heterocycles. The van der Waals surface area contributed by atoms with Gasteiger partial charge in [-0.3, -0.25) is 4.98 Å². The topological polar surface area (TPSA) is 25.4 Å². The Bertz CT molecular complexity index is 282. The molecular formula is C10H14N2O. The predicted molar refractivity (Wildman–Crippen MR) is 52.0 cm³/mol. The first-order valence-corrected chi connectivity index (χ1v) is 4.61. The monoisotopic (exact) mass is 178 g/mol. The van der Waals surface area contributed by atoms with Crippen LogP contribution in [0.15, 0.2) is 18.5 Å². The Morgan fingerprint density at radius 3 is 2.85 bits per heavy atom. The van der Waals surface area contributed by atoms with Gasteiger partial charge in [-0.05, 0) is 18.6 Å². The molecule has 0 saturated carbocycles. The molecule has 0 bridgehead atoms. The highest BCUT2D eigenvalue weighted by molar-refractivity contribution is 5.51. The average Bonchev–Trinajstić information content (AvgIpc) is 2.20. The molecular weight excluding hydrogens is 164 g/mol. The van der Waals surface area contributed by atoms with Gasteiger partial charge in [0.2, 0.25) is 0 Å². The minimum atomic E-state index is 0.828. The number of aromatic nitrogens is 1. The fourth-order valence-electron chi connectivity index (χ4n) is 1.59. The number of aryl methyl sites for hydroxylation is 1. The van der Waals surface area contributed by atoms with Crippen molar-refractivity contribution in [3.05, 3.63) is 24.0 Å². The number of rotatable bonds is 1. The van der Waals surface area contributed by atoms with E-state index in [1.165, 1.54) is 11.3 Å². The van der Waals surface area contributed by atoms with E-state index in [0.717, 1.165) is 26.3 Å². The van der Waals surface area contributed by atoms with Gasteiger partial charge < -0.3 is 9.64 Å². The van der Waals surface area contributed by atoms with Crippen LogP contribution in [0.5, 0.6) is 0 Å². The van der Waals surface area contributed by atoms with Gasteiger partial charge in [-0.1, -0.05) is 0 Å². The first kappa shape index (κ1) is 8.51. The van der Waals surface area contributed by atoms with Crippen LogP contribution in [0.3, 0.4) is 0 Å². The van der Waals surface area contributed by atoms with E-state index >= 15 is 0 Å². The fourth-order valence-corrected chi connectivity index (χ4v) is 1.59. The van der Waals surface area contributed by atoms with Crippen molar-refractivity contribution in [2.75, 3.05) is 31.2 Å². The highest BCUT2D eigenvalue weighted by Gasteiger charge is 2.12. The number of anilines is 1. The molecule has 3 nitrogen and oxygen atoms in total. The lowest BCUT2D eigenvalue weighted by Crippen LogP contribution is -2.36. The minimum absolute atomic E-state index is 0.828. The van der Waals surface area contributed by atoms with Crippen LogP contribution in [-0.2, 0) is 4.74 Å². The largest absolute Gasteiger partial charge is 0.378 e. The van der Waals surface area contributed by atoms with Crippen molar-refractivity contribution in [1.29, 1.82) is 0 Å². The lowest BCUT2D eigenvalue weighted by molar-refractivity contribution is 0.122. The summed E-state index contributed by atoms with van der Waals surface area (Å²) in [6.07, 6.45) is 3.76. The normalized spacial score (nSPS) is 17.5. The van der Waals surface area contributed by atoms with Crippen LogP contribution in [0.4, 0.5) is 5.69 Å². The van der Waals surface area contributed by atoms with Crippen molar-refractivity contribution in [2.24, 2.45) is 0 Å². The smallest absolute Gasteiger partial charge is 0.0642 e. The van der Waals surface area contributed by atoms with Gasteiger partial charge in [-0.25, -0.2) is 0 Å². The molecule has 1 aromatic rings. The maximum Gasteiger partial charge on any atom is 0.0642 e. The summed E-state index contributed by atoms with van der Waals surface area (Å²) in [4.78, 5) is 6.46. The van der Waals surface area contributed by atoms with E-state index in [4.69, 9.17) is 4.74 Å². The second kappa shape index (κ2) is 3.75. The summed E-state index contributed by atoms with van der Waals surface area (Å²) in [5.74, 6) is 0. The van der Waals surface area contributed by atoms with Crippen LogP contribution in [0.1, 0.15) is 5.56 Å². The molecule has 1 saturated heterocycles. The van der Waals surface area contributed by atoms with E-state index in [2.05, 4.69) is 16.8 Å². The molecule has 2 rings (SSSR count). The van der Waals surface area contributed by atoms with Crippen molar-refractivity contribution in [3.8, 4) is 0 Å². The fraction of sp³-hybridized carbons (Fsp3) is 0.500. The quantitative estimate of drug-likeness (QED) is 0.646. The molecule has 0 aliphatic carbocycles. The van der Waals surface area contributed by atoms with E-state index in [0.29, 0.717) is 0 Å². The van der Waals surface area contributed by atoms with Crippen LogP contribution >= 0.6 is 0 Å². The van der Waals surface area contributed by atoms with Crippen molar-refractivity contribution >= 4 is 5.69 Å². The number of nitrogens with zero attached hydrogens (tertiary/aromatic N) is 2. The van der Waals surface area contributed by atoms with Gasteiger partial charge in [-0.15, -0.1) is 0 Å². The molecule has 3 heteroatoms. The third-order valence-electron chi connectivity index (χ3n) is 2.36. The first-order chi connectivity index (χ1) is 6.38. The van der Waals surface area contributed by atoms with Gasteiger partial charge in [0.15, 0.2) is 0 Å². The van der Waals surface area contributed by atoms with E-state index < -0.39 is 0 Å². The number of hydrogen-bond donors (Lipinski definition) is 0. The Kier molecular flexibility index (Phi) is 2.45. The van der Waals surface area contributed by atoms with E-state index in [-0.39, 0.29) is 0 Å². The highest BCUT2D eigenvalue weighted by atomic mass is 16.5. The SMILES string of the molecule is Cc1ccncc1N1CCOCC1. The zero-order valence-corrected chi connectivity index (χ0v) is 7.86. The minimum Gasteiger partial charge on any atom is -0.378 e. The Morgan fingerprint density at radius 1 is 1.38 bits per heavy atom. The summed E-state index contributed by atoms with van der Waals surface area (Å²) >= 11 is 0. The van der Waals surface area contributed by atoms with Crippen molar-refractivity contribution in [2.45, 2.75) is 6.92 Å². The van der Waals surface area contributed by atoms with E-state index in [9.17, 15) is 0 Å². The molecule has 1 aromatic heterocycles. The molecule has 1 aliphatic rings. The standard InChI is InChI=1S/C10H14N2O/c1-9-2-3-11-8-10(9)12-4-6-13-7-5-12/h2-3,8H,4-7H2,1H3. The summed E-state index contributed by atoms with van der Waals surface area (Å²) in [7, 11) is 0. The van der Waals surface area contributed by atoms with Gasteiger partial charge in [0, 0.05) is 19.3 Å². The summed E-state index contributed by atoms with van der Waals surface area (Å²) < 4.78 is 5.30. The molecule has 1 aliphatic heterocycles. The van der Waals surface area contributed by atoms with Crippen molar-refractivity contribution in [1.82, 2.24) is 4.98 Å². The third-order valence-corrected chi connectivity index (χ3v) is 2.36. The number of morpholine rings is 1. The zero-order valence-electron chi connectivity index (χ0n) is 7.86. The average molecular weight is 178 g/mol. The zero-order chi connectivity index (χ0) is 9.10. The number of ether oxygens (including phenoxy) is 1. The van der Waals surface area contributed by atoms with Crippen molar-refractivity contribution in [3.63, 3.8) is 0 Å². The van der Waals surface area contributed by atoms with Crippen LogP contribution in [0.25, 0.3) is 0 Å². The molecule has 70 valence electrons. The summed E-state index contributed by atoms with van der Waals surface area (Å²) in [6, 6.07) is 2.05. The molecule has 0 spiro atoms. The molecule has 0 amide bonds. The molecule has 1 fully saturated rings. The Hall–Kier alpha value is -1.09. The summed E-state index contributed by atoms with van der Waals surface area (Å²) in [5.41, 5.74) is 2.53. The maximum atomic E-state index is 5.30. The van der Waals surface area contributed by atoms with Crippen LogP contribution in [-0.4, -0.2) is 31.3 Å². The van der Waals surface area contributed by atoms with Gasteiger partial charge in [0.25, 0.3) is 0 Å². The van der Waals surface area contributed by atoms with Crippen molar-refractivity contribution < 1.29 is 4.74 Å². The Balaban J connectivity index is 2.18. The van der Waals surface area contributed by atoms with E-state index in [1.54, 1.807) is 0 Å². The predicted octanol–water partition coefficient (Wildman–Crippen LogP) is 1.23. The van der Waals surface area contributed by atoms with Gasteiger partial charge in [0.1, 0.15) is 0 Å².